The van der Waals surface area contributed by atoms with Crippen molar-refractivity contribution >= 4 is 29.2 Å². The second-order valence-electron chi connectivity index (χ2n) is 6.86. The van der Waals surface area contributed by atoms with E-state index in [2.05, 4.69) is 25.6 Å². The summed E-state index contributed by atoms with van der Waals surface area (Å²) in [6.45, 7) is 6.53. The van der Waals surface area contributed by atoms with Crippen molar-refractivity contribution in [1.82, 2.24) is 20.3 Å². The van der Waals surface area contributed by atoms with E-state index in [4.69, 9.17) is 9.47 Å². The van der Waals surface area contributed by atoms with Gasteiger partial charge in [0, 0.05) is 12.1 Å². The number of pyridine rings is 1. The summed E-state index contributed by atoms with van der Waals surface area (Å²) in [6, 6.07) is 9.89. The summed E-state index contributed by atoms with van der Waals surface area (Å²) in [5, 5.41) is 5.29. The van der Waals surface area contributed by atoms with Crippen molar-refractivity contribution in [2.45, 2.75) is 20.8 Å². The van der Waals surface area contributed by atoms with Crippen molar-refractivity contribution < 1.29 is 19.1 Å². The zero-order valence-electron chi connectivity index (χ0n) is 17.0. The van der Waals surface area contributed by atoms with Gasteiger partial charge in [-0.05, 0) is 49.2 Å². The number of amides is 2. The fraction of sp³-hybridized carbons (Fsp3) is 0.286. The summed E-state index contributed by atoms with van der Waals surface area (Å²) >= 11 is 0. The third-order valence-corrected chi connectivity index (χ3v) is 3.87. The second kappa shape index (κ2) is 9.64. The number of aromatic nitrogens is 3. The molecule has 0 bridgehead atoms. The fourth-order valence-corrected chi connectivity index (χ4v) is 2.48. The number of nitrogens with one attached hydrogen (secondary N) is 2. The molecule has 0 atom stereocenters. The van der Waals surface area contributed by atoms with Gasteiger partial charge in [-0.1, -0.05) is 13.8 Å². The minimum atomic E-state index is -0.738. The summed E-state index contributed by atoms with van der Waals surface area (Å²) < 4.78 is 10.1. The Bertz CT molecular complexity index is 1040. The van der Waals surface area contributed by atoms with Gasteiger partial charge in [0.15, 0.2) is 5.65 Å². The summed E-state index contributed by atoms with van der Waals surface area (Å²) in [4.78, 5) is 36.6. The van der Waals surface area contributed by atoms with Gasteiger partial charge in [0.25, 0.3) is 0 Å². The van der Waals surface area contributed by atoms with Crippen molar-refractivity contribution in [3.63, 3.8) is 0 Å². The van der Waals surface area contributed by atoms with Gasteiger partial charge in [0.1, 0.15) is 17.1 Å². The topological polar surface area (TPSA) is 115 Å². The Kier molecular flexibility index (Phi) is 6.74. The van der Waals surface area contributed by atoms with Gasteiger partial charge in [-0.3, -0.25) is 10.3 Å². The van der Waals surface area contributed by atoms with Crippen molar-refractivity contribution in [3.8, 4) is 17.0 Å². The molecule has 9 heteroatoms. The highest BCUT2D eigenvalue weighted by molar-refractivity contribution is 5.89. The molecule has 2 amide bonds. The molecular weight excluding hydrogens is 386 g/mol. The molecule has 3 aromatic rings. The van der Waals surface area contributed by atoms with Crippen molar-refractivity contribution in [3.05, 3.63) is 42.6 Å². The number of urea groups is 1. The van der Waals surface area contributed by atoms with E-state index in [1.165, 1.54) is 0 Å². The number of carbonyl (C=O) groups excluding carboxylic acids is 2. The molecule has 9 nitrogen and oxygen atoms in total. The predicted molar refractivity (Wildman–Crippen MR) is 112 cm³/mol. The first-order valence-electron chi connectivity index (χ1n) is 9.58. The largest absolute Gasteiger partial charge is 0.513 e. The van der Waals surface area contributed by atoms with Gasteiger partial charge in [0.2, 0.25) is 0 Å². The van der Waals surface area contributed by atoms with Gasteiger partial charge >= 0.3 is 12.2 Å². The first kappa shape index (κ1) is 21.0. The number of hydrogen-bond acceptors (Lipinski definition) is 7. The Labute approximate surface area is 173 Å². The SMILES string of the molecule is CCNC(=O)Nc1ccc2ncc(-c3ccc(OC(=O)OCC(C)C)cc3)nc2n1. The minimum Gasteiger partial charge on any atom is -0.434 e. The highest BCUT2D eigenvalue weighted by Crippen LogP contribution is 2.22. The number of anilines is 1. The Morgan fingerprint density at radius 1 is 1.07 bits per heavy atom. The van der Waals surface area contributed by atoms with Crippen molar-refractivity contribution in [2.75, 3.05) is 18.5 Å². The van der Waals surface area contributed by atoms with Gasteiger partial charge in [-0.25, -0.2) is 19.6 Å². The quantitative estimate of drug-likeness (QED) is 0.467. The van der Waals surface area contributed by atoms with Crippen LogP contribution in [-0.2, 0) is 4.74 Å². The molecular formula is C21H23N5O4. The molecule has 0 saturated carbocycles. The van der Waals surface area contributed by atoms with Crippen LogP contribution in [0.4, 0.5) is 15.4 Å². The van der Waals surface area contributed by atoms with Crippen LogP contribution in [-0.4, -0.2) is 40.3 Å². The number of carbonyl (C=O) groups is 2. The highest BCUT2D eigenvalue weighted by atomic mass is 16.7. The van der Waals surface area contributed by atoms with E-state index in [1.807, 2.05) is 20.8 Å². The lowest BCUT2D eigenvalue weighted by molar-refractivity contribution is 0.0885. The van der Waals surface area contributed by atoms with Gasteiger partial charge in [-0.15, -0.1) is 0 Å². The van der Waals surface area contributed by atoms with Crippen molar-refractivity contribution in [2.24, 2.45) is 5.92 Å². The van der Waals surface area contributed by atoms with Crippen LogP contribution < -0.4 is 15.4 Å². The first-order valence-corrected chi connectivity index (χ1v) is 9.58. The summed E-state index contributed by atoms with van der Waals surface area (Å²) in [5.74, 6) is 0.980. The molecule has 0 spiro atoms. The molecule has 3 rings (SSSR count). The zero-order chi connectivity index (χ0) is 21.5. The third-order valence-electron chi connectivity index (χ3n) is 3.87. The molecule has 2 heterocycles. The van der Waals surface area contributed by atoms with Crippen LogP contribution in [0.5, 0.6) is 5.75 Å². The smallest absolute Gasteiger partial charge is 0.434 e. The van der Waals surface area contributed by atoms with Gasteiger partial charge < -0.3 is 14.8 Å². The molecule has 2 aromatic heterocycles. The Hall–Kier alpha value is -3.75. The maximum atomic E-state index is 11.7. The zero-order valence-corrected chi connectivity index (χ0v) is 17.0. The van der Waals surface area contributed by atoms with Gasteiger partial charge in [0.05, 0.1) is 18.5 Å². The molecule has 1 aromatic carbocycles. The standard InChI is InChI=1S/C21H23N5O4/c1-4-22-20(27)26-18-10-9-16-19(25-18)24-17(11-23-16)14-5-7-15(8-6-14)30-21(28)29-12-13(2)3/h5-11,13H,4,12H2,1-3H3,(H2,22,24,25,26,27). The van der Waals surface area contributed by atoms with E-state index in [-0.39, 0.29) is 11.9 Å². The number of nitrogens with zero attached hydrogens (tertiary/aromatic N) is 3. The monoisotopic (exact) mass is 409 g/mol. The van der Waals surface area contributed by atoms with Gasteiger partial charge in [-0.2, -0.15) is 0 Å². The number of ether oxygens (including phenoxy) is 2. The highest BCUT2D eigenvalue weighted by Gasteiger charge is 2.10. The van der Waals surface area contributed by atoms with E-state index in [9.17, 15) is 9.59 Å². The number of benzene rings is 1. The van der Waals surface area contributed by atoms with E-state index >= 15 is 0 Å². The molecule has 0 aliphatic rings. The second-order valence-corrected chi connectivity index (χ2v) is 6.86. The lowest BCUT2D eigenvalue weighted by atomic mass is 10.1. The van der Waals surface area contributed by atoms with Crippen LogP contribution in [0.1, 0.15) is 20.8 Å². The molecule has 156 valence electrons. The molecule has 0 fully saturated rings. The van der Waals surface area contributed by atoms with E-state index in [0.717, 1.165) is 5.56 Å². The van der Waals surface area contributed by atoms with E-state index in [1.54, 1.807) is 42.6 Å². The number of fused-ring (bicyclic) bond motifs is 1. The summed E-state index contributed by atoms with van der Waals surface area (Å²) in [7, 11) is 0. The first-order chi connectivity index (χ1) is 14.4. The average Bonchev–Trinajstić information content (AvgIpc) is 2.72. The lowest BCUT2D eigenvalue weighted by Gasteiger charge is -2.08. The van der Waals surface area contributed by atoms with Crippen LogP contribution in [0.2, 0.25) is 0 Å². The Balaban J connectivity index is 1.74. The molecule has 0 aliphatic carbocycles. The molecule has 0 radical (unpaired) electrons. The predicted octanol–water partition coefficient (Wildman–Crippen LogP) is 4.00. The summed E-state index contributed by atoms with van der Waals surface area (Å²) in [5.41, 5.74) is 2.38. The lowest BCUT2D eigenvalue weighted by Crippen LogP contribution is -2.28. The van der Waals surface area contributed by atoms with Crippen LogP contribution >= 0.6 is 0 Å². The minimum absolute atomic E-state index is 0.233. The Morgan fingerprint density at radius 2 is 1.83 bits per heavy atom. The molecule has 30 heavy (non-hydrogen) atoms. The van der Waals surface area contributed by atoms with Crippen LogP contribution in [0.15, 0.2) is 42.6 Å². The van der Waals surface area contributed by atoms with Crippen molar-refractivity contribution in [1.29, 1.82) is 0 Å². The van der Waals surface area contributed by atoms with E-state index in [0.29, 0.717) is 41.6 Å². The molecule has 0 aliphatic heterocycles. The maximum absolute atomic E-state index is 11.7. The fourth-order valence-electron chi connectivity index (χ4n) is 2.48. The summed E-state index contributed by atoms with van der Waals surface area (Å²) in [6.07, 6.45) is 0.895. The normalized spacial score (nSPS) is 10.7. The Morgan fingerprint density at radius 3 is 2.53 bits per heavy atom. The number of hydrogen-bond donors (Lipinski definition) is 2. The van der Waals surface area contributed by atoms with Crippen LogP contribution in [0, 0.1) is 5.92 Å². The van der Waals surface area contributed by atoms with Crippen LogP contribution in [0.3, 0.4) is 0 Å². The third kappa shape index (κ3) is 5.63. The van der Waals surface area contributed by atoms with E-state index < -0.39 is 6.16 Å². The molecule has 2 N–H and O–H groups in total. The molecule has 0 saturated heterocycles. The maximum Gasteiger partial charge on any atom is 0.513 e. The van der Waals surface area contributed by atoms with Crippen LogP contribution in [0.25, 0.3) is 22.4 Å². The number of rotatable bonds is 6. The average molecular weight is 409 g/mol. The molecule has 0 unspecified atom stereocenters.